The van der Waals surface area contributed by atoms with Crippen LogP contribution in [0, 0.1) is 0 Å². The Labute approximate surface area is 110 Å². The van der Waals surface area contributed by atoms with E-state index >= 15 is 0 Å². The molecule has 0 saturated carbocycles. The predicted molar refractivity (Wildman–Crippen MR) is 71.7 cm³/mol. The number of nitrogens with two attached hydrogens (primary N) is 2. The van der Waals surface area contributed by atoms with Crippen molar-refractivity contribution in [1.29, 1.82) is 0 Å². The molecule has 8 heteroatoms. The molecule has 0 aliphatic heterocycles. The lowest BCUT2D eigenvalue weighted by atomic mass is 10.2. The lowest BCUT2D eigenvalue weighted by molar-refractivity contribution is -0.119. The summed E-state index contributed by atoms with van der Waals surface area (Å²) in [5.74, 6) is -0.747. The third-order valence-electron chi connectivity index (χ3n) is 2.72. The van der Waals surface area contributed by atoms with E-state index in [9.17, 15) is 13.2 Å². The van der Waals surface area contributed by atoms with E-state index < -0.39 is 22.0 Å². The van der Waals surface area contributed by atoms with Crippen LogP contribution in [0.1, 0.15) is 6.92 Å². The molecule has 19 heavy (non-hydrogen) atoms. The maximum Gasteiger partial charge on any atom is 0.243 e. The van der Waals surface area contributed by atoms with Crippen molar-refractivity contribution in [2.24, 2.45) is 5.73 Å². The summed E-state index contributed by atoms with van der Waals surface area (Å²) >= 11 is 0. The number of anilines is 1. The fourth-order valence-electron chi connectivity index (χ4n) is 1.69. The molecular formula is C11H14N4O3S. The number of fused-ring (bicyclic) bond motifs is 1. The molecule has 1 amide bonds. The molecule has 102 valence electrons. The monoisotopic (exact) mass is 282 g/mol. The summed E-state index contributed by atoms with van der Waals surface area (Å²) in [6.07, 6.45) is 1.35. The third kappa shape index (κ3) is 2.54. The van der Waals surface area contributed by atoms with Gasteiger partial charge in [-0.3, -0.25) is 4.79 Å². The second-order valence-electron chi connectivity index (χ2n) is 4.20. The van der Waals surface area contributed by atoms with Crippen LogP contribution in [0.25, 0.3) is 10.9 Å². The number of hydrogen-bond donors (Lipinski definition) is 4. The Kier molecular flexibility index (Phi) is 3.21. The second kappa shape index (κ2) is 4.56. The van der Waals surface area contributed by atoms with Gasteiger partial charge in [-0.25, -0.2) is 8.42 Å². The molecule has 0 aliphatic rings. The average Bonchev–Trinajstić information content (AvgIpc) is 2.71. The highest BCUT2D eigenvalue weighted by atomic mass is 32.2. The smallest absolute Gasteiger partial charge is 0.243 e. The Morgan fingerprint density at radius 3 is 2.74 bits per heavy atom. The molecular weight excluding hydrogens is 268 g/mol. The zero-order chi connectivity index (χ0) is 14.2. The number of sulfonamides is 1. The van der Waals surface area contributed by atoms with E-state index in [0.29, 0.717) is 16.6 Å². The molecule has 0 fully saturated rings. The molecule has 7 nitrogen and oxygen atoms in total. The van der Waals surface area contributed by atoms with E-state index in [0.717, 1.165) is 0 Å². The molecule has 0 spiro atoms. The Bertz CT molecular complexity index is 735. The third-order valence-corrected chi connectivity index (χ3v) is 4.30. The molecule has 2 rings (SSSR count). The van der Waals surface area contributed by atoms with Gasteiger partial charge < -0.3 is 16.5 Å². The zero-order valence-electron chi connectivity index (χ0n) is 10.2. The van der Waals surface area contributed by atoms with E-state index in [1.165, 1.54) is 13.1 Å². The Balaban J connectivity index is 2.49. The number of carbonyl (C=O) groups excluding carboxylic acids is 1. The summed E-state index contributed by atoms with van der Waals surface area (Å²) in [4.78, 5) is 13.8. The van der Waals surface area contributed by atoms with Crippen LogP contribution in [0.15, 0.2) is 29.3 Å². The van der Waals surface area contributed by atoms with E-state index in [4.69, 9.17) is 11.5 Å². The van der Waals surface area contributed by atoms with Crippen LogP contribution in [-0.4, -0.2) is 25.4 Å². The predicted octanol–water partition coefficient (Wildman–Crippen LogP) is -0.0978. The van der Waals surface area contributed by atoms with Gasteiger partial charge in [0.05, 0.1) is 6.04 Å². The van der Waals surface area contributed by atoms with Crippen molar-refractivity contribution >= 4 is 32.5 Å². The number of carbonyl (C=O) groups is 1. The lowest BCUT2D eigenvalue weighted by Gasteiger charge is -2.10. The van der Waals surface area contributed by atoms with Crippen molar-refractivity contribution < 1.29 is 13.2 Å². The number of H-pyrrole nitrogens is 1. The second-order valence-corrected chi connectivity index (χ2v) is 5.89. The van der Waals surface area contributed by atoms with Crippen LogP contribution in [0.5, 0.6) is 0 Å². The van der Waals surface area contributed by atoms with Gasteiger partial charge in [-0.1, -0.05) is 0 Å². The Morgan fingerprint density at radius 2 is 2.11 bits per heavy atom. The van der Waals surface area contributed by atoms with Crippen molar-refractivity contribution in [3.8, 4) is 0 Å². The van der Waals surface area contributed by atoms with Gasteiger partial charge in [0.15, 0.2) is 0 Å². The summed E-state index contributed by atoms with van der Waals surface area (Å²) < 4.78 is 26.5. The maximum atomic E-state index is 12.2. The van der Waals surface area contributed by atoms with Gasteiger partial charge in [-0.05, 0) is 25.1 Å². The largest absolute Gasteiger partial charge is 0.399 e. The number of rotatable bonds is 4. The fourth-order valence-corrected chi connectivity index (χ4v) is 3.07. The van der Waals surface area contributed by atoms with Crippen LogP contribution in [0.4, 0.5) is 5.69 Å². The van der Waals surface area contributed by atoms with Gasteiger partial charge in [0.2, 0.25) is 15.9 Å². The first-order valence-corrected chi connectivity index (χ1v) is 6.98. The molecule has 6 N–H and O–H groups in total. The number of nitrogen functional groups attached to an aromatic ring is 1. The van der Waals surface area contributed by atoms with Crippen molar-refractivity contribution in [2.45, 2.75) is 17.9 Å². The first-order chi connectivity index (χ1) is 8.81. The van der Waals surface area contributed by atoms with Crippen LogP contribution in [-0.2, 0) is 14.8 Å². The maximum absolute atomic E-state index is 12.2. The Hall–Kier alpha value is -2.06. The van der Waals surface area contributed by atoms with Gasteiger partial charge >= 0.3 is 0 Å². The van der Waals surface area contributed by atoms with Gasteiger partial charge in [0.25, 0.3) is 0 Å². The lowest BCUT2D eigenvalue weighted by Crippen LogP contribution is -2.42. The van der Waals surface area contributed by atoms with Crippen molar-refractivity contribution in [2.75, 3.05) is 5.73 Å². The van der Waals surface area contributed by atoms with Crippen LogP contribution < -0.4 is 16.2 Å². The number of aromatic nitrogens is 1. The zero-order valence-corrected chi connectivity index (χ0v) is 11.0. The number of benzene rings is 1. The van der Waals surface area contributed by atoms with E-state index in [1.807, 2.05) is 0 Å². The summed E-state index contributed by atoms with van der Waals surface area (Å²) in [6, 6.07) is 3.90. The molecule has 0 radical (unpaired) electrons. The average molecular weight is 282 g/mol. The normalized spacial score (nSPS) is 13.5. The number of hydrogen-bond acceptors (Lipinski definition) is 4. The van der Waals surface area contributed by atoms with Crippen LogP contribution >= 0.6 is 0 Å². The van der Waals surface area contributed by atoms with E-state index in [2.05, 4.69) is 9.71 Å². The molecule has 0 aliphatic carbocycles. The fraction of sp³-hybridized carbons (Fsp3) is 0.182. The van der Waals surface area contributed by atoms with E-state index in [1.54, 1.807) is 18.2 Å². The quantitative estimate of drug-likeness (QED) is 0.583. The van der Waals surface area contributed by atoms with Crippen LogP contribution in [0.2, 0.25) is 0 Å². The highest BCUT2D eigenvalue weighted by Gasteiger charge is 2.23. The summed E-state index contributed by atoms with van der Waals surface area (Å²) in [6.45, 7) is 1.38. The molecule has 1 aromatic carbocycles. The standard InChI is InChI=1S/C11H14N4O3S/c1-6(11(13)16)15-19(17,18)10-5-14-9-3-2-7(12)4-8(9)10/h2-6,14-15H,12H2,1H3,(H2,13,16). The molecule has 1 atom stereocenters. The number of primary amides is 1. The van der Waals surface area contributed by atoms with Crippen molar-refractivity contribution in [1.82, 2.24) is 9.71 Å². The molecule has 1 heterocycles. The molecule has 0 saturated heterocycles. The SMILES string of the molecule is CC(NS(=O)(=O)c1c[nH]c2ccc(N)cc12)C(N)=O. The summed E-state index contributed by atoms with van der Waals surface area (Å²) in [5, 5.41) is 0.462. The molecule has 0 bridgehead atoms. The van der Waals surface area contributed by atoms with Gasteiger partial charge in [0.1, 0.15) is 4.90 Å². The van der Waals surface area contributed by atoms with E-state index in [-0.39, 0.29) is 4.90 Å². The number of nitrogens with one attached hydrogen (secondary N) is 2. The summed E-state index contributed by atoms with van der Waals surface area (Å²) in [7, 11) is -3.84. The minimum atomic E-state index is -3.84. The van der Waals surface area contributed by atoms with Crippen LogP contribution in [0.3, 0.4) is 0 Å². The minimum absolute atomic E-state index is 0.0305. The first-order valence-electron chi connectivity index (χ1n) is 5.49. The van der Waals surface area contributed by atoms with Gasteiger partial charge in [0, 0.05) is 22.8 Å². The topological polar surface area (TPSA) is 131 Å². The molecule has 2 aromatic rings. The summed E-state index contributed by atoms with van der Waals surface area (Å²) in [5.41, 5.74) is 11.8. The molecule has 1 unspecified atom stereocenters. The minimum Gasteiger partial charge on any atom is -0.399 e. The van der Waals surface area contributed by atoms with Crippen molar-refractivity contribution in [3.63, 3.8) is 0 Å². The number of amides is 1. The number of aromatic amines is 1. The van der Waals surface area contributed by atoms with Gasteiger partial charge in [-0.15, -0.1) is 0 Å². The molecule has 1 aromatic heterocycles. The highest BCUT2D eigenvalue weighted by molar-refractivity contribution is 7.89. The Morgan fingerprint density at radius 1 is 1.42 bits per heavy atom. The highest BCUT2D eigenvalue weighted by Crippen LogP contribution is 2.24. The van der Waals surface area contributed by atoms with Gasteiger partial charge in [-0.2, -0.15) is 4.72 Å². The first kappa shape index (κ1) is 13.4. The van der Waals surface area contributed by atoms with Crippen molar-refractivity contribution in [3.05, 3.63) is 24.4 Å².